The number of unbranched alkanes of at least 4 members (excludes halogenated alkanes) is 1. The molecule has 0 aromatic heterocycles. The third kappa shape index (κ3) is 19.3. The third-order valence-electron chi connectivity index (χ3n) is 16.2. The molecule has 21 nitrogen and oxygen atoms in total. The average molecular weight is 1230 g/mol. The van der Waals surface area contributed by atoms with Crippen LogP contribution in [0, 0.1) is 11.3 Å². The van der Waals surface area contributed by atoms with E-state index in [1.807, 2.05) is 49.4 Å². The third-order valence-corrected chi connectivity index (χ3v) is 16.2. The van der Waals surface area contributed by atoms with Gasteiger partial charge in [-0.15, -0.1) is 0 Å². The predicted molar refractivity (Wildman–Crippen MR) is 333 cm³/mol. The zero-order valence-corrected chi connectivity index (χ0v) is 53.4. The van der Waals surface area contributed by atoms with E-state index in [0.717, 1.165) is 22.4 Å². The van der Waals surface area contributed by atoms with E-state index in [0.29, 0.717) is 42.6 Å². The first-order chi connectivity index (χ1) is 42.3. The number of aryl methyl sites for hydroxylation is 1. The maximum atomic E-state index is 15.1. The highest BCUT2D eigenvalue weighted by Crippen LogP contribution is 2.41. The lowest BCUT2D eigenvalue weighted by atomic mass is 9.87. The molecule has 4 aromatic rings. The molecule has 89 heavy (non-hydrogen) atoms. The molecule has 482 valence electrons. The van der Waals surface area contributed by atoms with Gasteiger partial charge in [0, 0.05) is 52.6 Å². The molecule has 6 rings (SSSR count). The van der Waals surface area contributed by atoms with Gasteiger partial charge in [0.25, 0.3) is 11.8 Å². The molecule has 21 heteroatoms. The number of esters is 2. The minimum Gasteiger partial charge on any atom is -0.504 e. The molecule has 2 N–H and O–H groups in total. The largest absolute Gasteiger partial charge is 0.504 e. The van der Waals surface area contributed by atoms with Gasteiger partial charge in [-0.1, -0.05) is 86.5 Å². The molecule has 0 radical (unpaired) electrons. The van der Waals surface area contributed by atoms with Crippen LogP contribution in [-0.2, 0) is 70.2 Å². The molecule has 0 saturated carbocycles. The number of amides is 5. The van der Waals surface area contributed by atoms with Gasteiger partial charge in [0.05, 0.1) is 44.4 Å². The Morgan fingerprint density at radius 1 is 0.787 bits per heavy atom. The van der Waals surface area contributed by atoms with Gasteiger partial charge in [-0.25, -0.2) is 9.59 Å². The van der Waals surface area contributed by atoms with Crippen LogP contribution in [0.3, 0.4) is 0 Å². The van der Waals surface area contributed by atoms with Crippen LogP contribution in [0.25, 0.3) is 10.8 Å². The van der Waals surface area contributed by atoms with E-state index in [1.165, 1.54) is 74.9 Å². The summed E-state index contributed by atoms with van der Waals surface area (Å²) in [6.45, 7) is 8.77. The molecule has 5 amide bonds. The quantitative estimate of drug-likeness (QED) is 0.102. The molecule has 1 fully saturated rings. The predicted octanol–water partition coefficient (Wildman–Crippen LogP) is 7.69. The number of rotatable bonds is 12. The second-order valence-electron chi connectivity index (χ2n) is 24.5. The number of carbonyl (C=O) groups excluding carboxylic acids is 9. The Kier molecular flexibility index (Phi) is 25.3. The summed E-state index contributed by atoms with van der Waals surface area (Å²) in [4.78, 5) is 133. The molecule has 4 aromatic carbocycles. The number of cyclic esters (lactones) is 2. The van der Waals surface area contributed by atoms with E-state index in [9.17, 15) is 43.5 Å². The Hall–Kier alpha value is -8.33. The lowest BCUT2D eigenvalue weighted by Gasteiger charge is -2.36. The first-order valence-corrected chi connectivity index (χ1v) is 30.5. The number of aromatic hydroxyl groups is 1. The van der Waals surface area contributed by atoms with Crippen LogP contribution < -0.4 is 19.5 Å². The minimum atomic E-state index is -1.52. The summed E-state index contributed by atoms with van der Waals surface area (Å²) in [6, 6.07) is 20.0. The Bertz CT molecular complexity index is 3210. The monoisotopic (exact) mass is 1230 g/mol. The van der Waals surface area contributed by atoms with Crippen molar-refractivity contribution in [1.29, 1.82) is 0 Å². The topological polar surface area (TPSA) is 254 Å². The number of methoxy groups -OCH3 is 2. The van der Waals surface area contributed by atoms with Crippen molar-refractivity contribution >= 4 is 63.8 Å². The number of phenolic OH excluding ortho intramolecular Hbond substituents is 1. The van der Waals surface area contributed by atoms with Gasteiger partial charge in [-0.05, 0) is 132 Å². The van der Waals surface area contributed by atoms with Crippen LogP contribution in [0.5, 0.6) is 23.0 Å². The second kappa shape index (κ2) is 32.2. The lowest BCUT2D eigenvalue weighted by molar-refractivity contribution is -0.165. The Labute approximate surface area is 522 Å². The molecule has 0 unspecified atom stereocenters. The van der Waals surface area contributed by atoms with Gasteiger partial charge >= 0.3 is 11.9 Å². The van der Waals surface area contributed by atoms with E-state index in [1.54, 1.807) is 57.2 Å². The molecular weight excluding hydrogens is 1140 g/mol. The summed E-state index contributed by atoms with van der Waals surface area (Å²) >= 11 is 0. The molecule has 2 aliphatic rings. The van der Waals surface area contributed by atoms with Crippen molar-refractivity contribution in [1.82, 2.24) is 24.9 Å². The average Bonchev–Trinajstić information content (AvgIpc) is 1.93. The maximum Gasteiger partial charge on any atom is 0.330 e. The van der Waals surface area contributed by atoms with Crippen molar-refractivity contribution in [3.8, 4) is 23.0 Å². The number of nitrogens with one attached hydrogen (secondary N) is 1. The smallest absolute Gasteiger partial charge is 0.330 e. The first kappa shape index (κ1) is 69.8. The molecule has 0 spiro atoms. The fraction of sp³-hybridized carbons (Fsp3) is 0.515. The fourth-order valence-electron chi connectivity index (χ4n) is 10.7. The summed E-state index contributed by atoms with van der Waals surface area (Å²) in [5.74, 6) is -6.66. The Morgan fingerprint density at radius 2 is 1.53 bits per heavy atom. The Morgan fingerprint density at radius 3 is 2.24 bits per heavy atom. The van der Waals surface area contributed by atoms with Crippen molar-refractivity contribution in [2.45, 2.75) is 142 Å². The molecule has 2 aliphatic heterocycles. The highest BCUT2D eigenvalue weighted by Gasteiger charge is 2.43. The normalized spacial score (nSPS) is 21.6. The maximum absolute atomic E-state index is 15.1. The standard InChI is InChI=1S/C68H89N5O16/c1-12-13-25-51-54(74)39-49(37-44-28-29-45-21-14-15-22-47(45)36-44)64(81)72(9)53(41-88-67(2,3)4)63(80)69-40-57(75)70(7)34-18-17-27-59(77)87-43-68(5,6)62(79)65(82)73-35-19-16-26-52(73)66(83)89-55(32-30-46-31-33-56(84-10)61(85-11)60(46)78)48-23-20-24-50(38-48)86-42-58(76)71(51)8/h14-15,17,20-24,27-29,31,33,36,38,49,51-53,55,78H,12-13,16,18-19,25-26,30,32,34-35,37,39-43H2,1-11H3,(H,69,80)/t49-,51+,52+,53+,55-/m1/s1. The number of piperidine rings is 1. The van der Waals surface area contributed by atoms with Gasteiger partial charge in [0.15, 0.2) is 23.9 Å². The lowest BCUT2D eigenvalue weighted by Crippen LogP contribution is -2.54. The number of Topliss-reactive ketones (excluding diaryl/α,β-unsaturated/α-hetero) is 2. The van der Waals surface area contributed by atoms with Crippen molar-refractivity contribution < 1.29 is 76.7 Å². The molecule has 0 aliphatic carbocycles. The van der Waals surface area contributed by atoms with Crippen LogP contribution in [-0.4, -0.2) is 176 Å². The number of likely N-dealkylation sites (N-methyl/N-ethyl adjacent to an activating group) is 3. The van der Waals surface area contributed by atoms with E-state index in [-0.39, 0.29) is 87.7 Å². The molecule has 2 bridgehead atoms. The van der Waals surface area contributed by atoms with Crippen molar-refractivity contribution in [3.63, 3.8) is 0 Å². The van der Waals surface area contributed by atoms with Crippen LogP contribution in [0.4, 0.5) is 0 Å². The highest BCUT2D eigenvalue weighted by molar-refractivity contribution is 6.38. The van der Waals surface area contributed by atoms with E-state index >= 15 is 4.79 Å². The highest BCUT2D eigenvalue weighted by atomic mass is 16.5. The van der Waals surface area contributed by atoms with Crippen LogP contribution in [0.1, 0.15) is 122 Å². The Balaban J connectivity index is 1.36. The molecule has 2 heterocycles. The van der Waals surface area contributed by atoms with Gasteiger partial charge < -0.3 is 58.4 Å². The van der Waals surface area contributed by atoms with E-state index in [2.05, 4.69) is 5.32 Å². The molecule has 5 atom stereocenters. The van der Waals surface area contributed by atoms with E-state index in [4.69, 9.17) is 28.4 Å². The number of benzene rings is 4. The number of ether oxygens (including phenoxy) is 6. The van der Waals surface area contributed by atoms with Crippen molar-refractivity contribution in [2.24, 2.45) is 11.3 Å². The first-order valence-electron chi connectivity index (χ1n) is 30.5. The van der Waals surface area contributed by atoms with Crippen LogP contribution in [0.2, 0.25) is 0 Å². The number of ketones is 2. The van der Waals surface area contributed by atoms with E-state index < -0.39 is 108 Å². The summed E-state index contributed by atoms with van der Waals surface area (Å²) in [5, 5.41) is 15.9. The van der Waals surface area contributed by atoms with Crippen molar-refractivity contribution in [2.75, 3.05) is 74.8 Å². The minimum absolute atomic E-state index is 0.0709. The van der Waals surface area contributed by atoms with Gasteiger partial charge in [-0.3, -0.25) is 33.6 Å². The summed E-state index contributed by atoms with van der Waals surface area (Å²) < 4.78 is 34.9. The van der Waals surface area contributed by atoms with Gasteiger partial charge in [0.2, 0.25) is 29.3 Å². The van der Waals surface area contributed by atoms with Gasteiger partial charge in [-0.2, -0.15) is 0 Å². The van der Waals surface area contributed by atoms with Crippen LogP contribution in [0.15, 0.2) is 91.0 Å². The number of hydrogen-bond acceptors (Lipinski definition) is 16. The summed E-state index contributed by atoms with van der Waals surface area (Å²) in [5.41, 5.74) is -0.630. The zero-order chi connectivity index (χ0) is 65.2. The number of fused-ring (bicyclic) bond motifs is 4. The number of hydrogen-bond donors (Lipinski definition) is 2. The summed E-state index contributed by atoms with van der Waals surface area (Å²) in [6.07, 6.45) is 4.54. The SMILES string of the molecule is CCCC[C@H]1C(=O)C[C@@H](Cc2ccc3ccccc3c2)C(=O)N(C)[C@@H](COC(C)(C)C)C(=O)NCC(=O)N(C)CCC=CC(=O)OCC(C)(C)C(=O)C(=O)N2CCCC[C@H]2C(=O)O[C@H](CCc2ccc(OC)c(OC)c2O)c2cccc(c2)OCC(=O)N1C. The van der Waals surface area contributed by atoms with Crippen LogP contribution >= 0.6 is 0 Å². The number of phenols is 1. The number of carbonyl (C=O) groups is 9. The number of nitrogens with zero attached hydrogens (tertiary/aromatic N) is 4. The van der Waals surface area contributed by atoms with Gasteiger partial charge in [0.1, 0.15) is 30.5 Å². The second-order valence-corrected chi connectivity index (χ2v) is 24.5. The summed E-state index contributed by atoms with van der Waals surface area (Å²) in [7, 11) is 7.33. The fourth-order valence-corrected chi connectivity index (χ4v) is 10.7. The molecular formula is C68H89N5O16. The zero-order valence-electron chi connectivity index (χ0n) is 53.4. The molecule has 1 saturated heterocycles. The van der Waals surface area contributed by atoms with Crippen molar-refractivity contribution in [3.05, 3.63) is 108 Å².